The summed E-state index contributed by atoms with van der Waals surface area (Å²) in [5, 5.41) is 3.34. The van der Waals surface area contributed by atoms with Crippen molar-refractivity contribution >= 4 is 33.2 Å². The molecule has 0 spiro atoms. The van der Waals surface area contributed by atoms with Crippen LogP contribution in [0.2, 0.25) is 0 Å². The number of hydrogen-bond donors (Lipinski definition) is 1. The molecule has 0 aliphatic rings. The Morgan fingerprint density at radius 3 is 2.53 bits per heavy atom. The van der Waals surface area contributed by atoms with E-state index in [1.165, 1.54) is 11.1 Å². The van der Waals surface area contributed by atoms with Crippen molar-refractivity contribution in [3.8, 4) is 11.1 Å². The highest BCUT2D eigenvalue weighted by molar-refractivity contribution is 9.10. The largest absolute Gasteiger partial charge is 0.383 e. The van der Waals surface area contributed by atoms with Crippen molar-refractivity contribution in [2.45, 2.75) is 0 Å². The first kappa shape index (κ1) is 12.5. The van der Waals surface area contributed by atoms with E-state index < -0.39 is 0 Å². The molecule has 0 saturated carbocycles. The minimum Gasteiger partial charge on any atom is -0.383 e. The molecule has 3 heteroatoms. The molecule has 2 rings (SSSR count). The molecule has 0 radical (unpaired) electrons. The van der Waals surface area contributed by atoms with Crippen molar-refractivity contribution in [2.24, 2.45) is 0 Å². The smallest absolute Gasteiger partial charge is 0.0421 e. The van der Waals surface area contributed by atoms with E-state index in [0.29, 0.717) is 5.88 Å². The van der Waals surface area contributed by atoms with E-state index in [2.05, 4.69) is 45.5 Å². The molecule has 0 amide bonds. The Morgan fingerprint density at radius 1 is 1.06 bits per heavy atom. The number of rotatable bonds is 4. The lowest BCUT2D eigenvalue weighted by molar-refractivity contribution is 1.22. The molecule has 0 atom stereocenters. The summed E-state index contributed by atoms with van der Waals surface area (Å²) in [4.78, 5) is 0. The molecule has 0 saturated heterocycles. The van der Waals surface area contributed by atoms with Gasteiger partial charge in [-0.25, -0.2) is 0 Å². The van der Waals surface area contributed by atoms with Crippen molar-refractivity contribution in [1.82, 2.24) is 0 Å². The van der Waals surface area contributed by atoms with Crippen molar-refractivity contribution in [1.29, 1.82) is 0 Å². The fourth-order valence-electron chi connectivity index (χ4n) is 1.71. The number of hydrogen-bond acceptors (Lipinski definition) is 1. The predicted octanol–water partition coefficient (Wildman–Crippen LogP) is 4.77. The number of alkyl halides is 1. The van der Waals surface area contributed by atoms with Gasteiger partial charge in [0.1, 0.15) is 0 Å². The summed E-state index contributed by atoms with van der Waals surface area (Å²) < 4.78 is 1.08. The lowest BCUT2D eigenvalue weighted by atomic mass is 10.0. The Morgan fingerprint density at radius 2 is 1.82 bits per heavy atom. The number of nitrogens with one attached hydrogen (secondary N) is 1. The van der Waals surface area contributed by atoms with E-state index in [-0.39, 0.29) is 0 Å². The van der Waals surface area contributed by atoms with Crippen LogP contribution < -0.4 is 5.32 Å². The monoisotopic (exact) mass is 309 g/mol. The van der Waals surface area contributed by atoms with Gasteiger partial charge in [0, 0.05) is 28.1 Å². The van der Waals surface area contributed by atoms with Gasteiger partial charge >= 0.3 is 0 Å². The number of benzene rings is 2. The molecule has 0 heterocycles. The second kappa shape index (κ2) is 6.08. The summed E-state index contributed by atoms with van der Waals surface area (Å²) in [6.45, 7) is 0.767. The van der Waals surface area contributed by atoms with E-state index in [1.54, 1.807) is 0 Å². The lowest BCUT2D eigenvalue weighted by Crippen LogP contribution is -2.03. The number of halogens is 2. The average Bonchev–Trinajstić information content (AvgIpc) is 2.38. The molecule has 2 aromatic carbocycles. The van der Waals surface area contributed by atoms with Crippen molar-refractivity contribution in [3.05, 3.63) is 53.0 Å². The zero-order chi connectivity index (χ0) is 12.1. The van der Waals surface area contributed by atoms with Crippen LogP contribution in [0.3, 0.4) is 0 Å². The van der Waals surface area contributed by atoms with Crippen LogP contribution in [-0.2, 0) is 0 Å². The van der Waals surface area contributed by atoms with Gasteiger partial charge in [0.15, 0.2) is 0 Å². The first-order valence-electron chi connectivity index (χ1n) is 5.46. The van der Waals surface area contributed by atoms with Gasteiger partial charge in [0.25, 0.3) is 0 Å². The molecule has 2 aromatic rings. The molecule has 0 fully saturated rings. The van der Waals surface area contributed by atoms with E-state index in [0.717, 1.165) is 16.7 Å². The minimum absolute atomic E-state index is 0.601. The maximum atomic E-state index is 5.71. The maximum Gasteiger partial charge on any atom is 0.0421 e. The maximum absolute atomic E-state index is 5.71. The van der Waals surface area contributed by atoms with E-state index >= 15 is 0 Å². The molecular weight excluding hydrogens is 298 g/mol. The third-order valence-electron chi connectivity index (χ3n) is 2.48. The Labute approximate surface area is 115 Å². The first-order valence-corrected chi connectivity index (χ1v) is 6.79. The first-order chi connectivity index (χ1) is 8.31. The summed E-state index contributed by atoms with van der Waals surface area (Å²) in [5.41, 5.74) is 3.50. The normalized spacial score (nSPS) is 10.2. The molecule has 88 valence electrons. The van der Waals surface area contributed by atoms with Gasteiger partial charge in [-0.05, 0) is 23.8 Å². The van der Waals surface area contributed by atoms with Gasteiger partial charge in [-0.3, -0.25) is 0 Å². The Kier molecular flexibility index (Phi) is 4.46. The van der Waals surface area contributed by atoms with Crippen LogP contribution in [0.15, 0.2) is 53.0 Å². The summed E-state index contributed by atoms with van der Waals surface area (Å²) >= 11 is 9.22. The van der Waals surface area contributed by atoms with E-state index in [4.69, 9.17) is 11.6 Å². The second-order valence-corrected chi connectivity index (χ2v) is 4.97. The highest BCUT2D eigenvalue weighted by atomic mass is 79.9. The second-order valence-electron chi connectivity index (χ2n) is 3.67. The fraction of sp³-hybridized carbons (Fsp3) is 0.143. The molecular formula is C14H13BrClN. The Bertz CT molecular complexity index is 485. The zero-order valence-electron chi connectivity index (χ0n) is 9.29. The number of anilines is 1. The van der Waals surface area contributed by atoms with Crippen molar-refractivity contribution < 1.29 is 0 Å². The Balaban J connectivity index is 2.40. The van der Waals surface area contributed by atoms with Gasteiger partial charge in [-0.2, -0.15) is 0 Å². The topological polar surface area (TPSA) is 12.0 Å². The predicted molar refractivity (Wildman–Crippen MR) is 78.8 cm³/mol. The van der Waals surface area contributed by atoms with Gasteiger partial charge < -0.3 is 5.32 Å². The van der Waals surface area contributed by atoms with Crippen molar-refractivity contribution in [2.75, 3.05) is 17.7 Å². The molecule has 0 unspecified atom stereocenters. The van der Waals surface area contributed by atoms with Crippen LogP contribution in [0.1, 0.15) is 0 Å². The zero-order valence-corrected chi connectivity index (χ0v) is 11.6. The molecule has 17 heavy (non-hydrogen) atoms. The third kappa shape index (κ3) is 3.24. The van der Waals surface area contributed by atoms with Crippen LogP contribution in [0.25, 0.3) is 11.1 Å². The van der Waals surface area contributed by atoms with Crippen LogP contribution in [0.5, 0.6) is 0 Å². The molecule has 1 N–H and O–H groups in total. The van der Waals surface area contributed by atoms with Crippen LogP contribution in [-0.4, -0.2) is 12.4 Å². The molecule has 0 aromatic heterocycles. The highest BCUT2D eigenvalue weighted by Gasteiger charge is 2.04. The Hall–Kier alpha value is -0.990. The van der Waals surface area contributed by atoms with Gasteiger partial charge in [0.2, 0.25) is 0 Å². The quantitative estimate of drug-likeness (QED) is 0.802. The van der Waals surface area contributed by atoms with Crippen LogP contribution >= 0.6 is 27.5 Å². The minimum atomic E-state index is 0.601. The van der Waals surface area contributed by atoms with Crippen LogP contribution in [0, 0.1) is 0 Å². The third-order valence-corrected chi connectivity index (χ3v) is 3.16. The van der Waals surface area contributed by atoms with Crippen LogP contribution in [0.4, 0.5) is 5.69 Å². The summed E-state index contributed by atoms with van der Waals surface area (Å²) in [6.07, 6.45) is 0. The van der Waals surface area contributed by atoms with Gasteiger partial charge in [-0.1, -0.05) is 46.3 Å². The molecule has 0 bridgehead atoms. The summed E-state index contributed by atoms with van der Waals surface area (Å²) in [7, 11) is 0. The van der Waals surface area contributed by atoms with Crippen molar-refractivity contribution in [3.63, 3.8) is 0 Å². The highest BCUT2D eigenvalue weighted by Crippen LogP contribution is 2.30. The SMILES string of the molecule is ClCCNc1ccc(Br)cc1-c1ccccc1. The molecule has 1 nitrogen and oxygen atoms in total. The summed E-state index contributed by atoms with van der Waals surface area (Å²) in [6, 6.07) is 16.5. The average molecular weight is 311 g/mol. The van der Waals surface area contributed by atoms with Gasteiger partial charge in [0.05, 0.1) is 0 Å². The van der Waals surface area contributed by atoms with E-state index in [9.17, 15) is 0 Å². The lowest BCUT2D eigenvalue weighted by Gasteiger charge is -2.12. The molecule has 0 aliphatic carbocycles. The van der Waals surface area contributed by atoms with Gasteiger partial charge in [-0.15, -0.1) is 11.6 Å². The van der Waals surface area contributed by atoms with E-state index in [1.807, 2.05) is 24.3 Å². The fourth-order valence-corrected chi connectivity index (χ4v) is 2.16. The molecule has 0 aliphatic heterocycles. The standard InChI is InChI=1S/C14H13BrClN/c15-12-6-7-14(17-9-8-16)13(10-12)11-4-2-1-3-5-11/h1-7,10,17H,8-9H2. The summed E-state index contributed by atoms with van der Waals surface area (Å²) in [5.74, 6) is 0.601.